The number of allylic oxidation sites excluding steroid dienone is 1. The van der Waals surface area contributed by atoms with E-state index < -0.39 is 5.60 Å². The van der Waals surface area contributed by atoms with E-state index in [4.69, 9.17) is 4.74 Å². The topological polar surface area (TPSA) is 46.6 Å². The minimum Gasteiger partial charge on any atom is -0.444 e. The predicted molar refractivity (Wildman–Crippen MR) is 70.4 cm³/mol. The van der Waals surface area contributed by atoms with Gasteiger partial charge < -0.3 is 9.64 Å². The monoisotopic (exact) mass is 253 g/mol. The average molecular weight is 253 g/mol. The molecule has 1 saturated heterocycles. The van der Waals surface area contributed by atoms with Crippen molar-refractivity contribution in [2.24, 2.45) is 5.92 Å². The molecular weight excluding hydrogens is 230 g/mol. The van der Waals surface area contributed by atoms with Crippen molar-refractivity contribution in [1.29, 1.82) is 0 Å². The first-order chi connectivity index (χ1) is 8.33. The Labute approximate surface area is 109 Å². The number of amides is 1. The van der Waals surface area contributed by atoms with Gasteiger partial charge in [-0.05, 0) is 33.6 Å². The number of hydrogen-bond acceptors (Lipinski definition) is 3. The summed E-state index contributed by atoms with van der Waals surface area (Å²) in [4.78, 5) is 25.0. The Morgan fingerprint density at radius 2 is 2.00 bits per heavy atom. The third kappa shape index (κ3) is 4.51. The third-order valence-corrected chi connectivity index (χ3v) is 2.82. The largest absolute Gasteiger partial charge is 0.444 e. The molecule has 0 bridgehead atoms. The molecule has 0 atom stereocenters. The summed E-state index contributed by atoms with van der Waals surface area (Å²) in [7, 11) is 0. The van der Waals surface area contributed by atoms with E-state index in [1.807, 2.05) is 26.8 Å². The standard InChI is InChI=1S/C14H23NO3/c1-5-6-7-8-12(16)11-9-15(10-11)13(17)18-14(2,3)4/h5,11H,1,6-10H2,2-4H3. The molecule has 0 spiro atoms. The normalized spacial score (nSPS) is 16.1. The van der Waals surface area contributed by atoms with Crippen molar-refractivity contribution in [1.82, 2.24) is 4.90 Å². The Bertz CT molecular complexity index is 324. The zero-order valence-corrected chi connectivity index (χ0v) is 11.6. The van der Waals surface area contributed by atoms with Crippen LogP contribution in [0.3, 0.4) is 0 Å². The SMILES string of the molecule is C=CCCCC(=O)C1CN(C(=O)OC(C)(C)C)C1. The first-order valence-corrected chi connectivity index (χ1v) is 6.45. The summed E-state index contributed by atoms with van der Waals surface area (Å²) in [6.07, 6.45) is 3.80. The fraction of sp³-hybridized carbons (Fsp3) is 0.714. The van der Waals surface area contributed by atoms with Gasteiger partial charge in [0.25, 0.3) is 0 Å². The molecule has 0 radical (unpaired) electrons. The van der Waals surface area contributed by atoms with Gasteiger partial charge >= 0.3 is 6.09 Å². The van der Waals surface area contributed by atoms with Crippen molar-refractivity contribution in [3.05, 3.63) is 12.7 Å². The Balaban J connectivity index is 2.24. The van der Waals surface area contributed by atoms with E-state index in [1.54, 1.807) is 4.90 Å². The van der Waals surface area contributed by atoms with E-state index in [0.717, 1.165) is 12.8 Å². The number of ether oxygens (including phenoxy) is 1. The van der Waals surface area contributed by atoms with Gasteiger partial charge in [-0.1, -0.05) is 6.08 Å². The van der Waals surface area contributed by atoms with Crippen LogP contribution in [-0.2, 0) is 9.53 Å². The molecular formula is C14H23NO3. The molecule has 4 nitrogen and oxygen atoms in total. The number of carbonyl (C=O) groups is 2. The van der Waals surface area contributed by atoms with E-state index in [2.05, 4.69) is 6.58 Å². The van der Waals surface area contributed by atoms with E-state index >= 15 is 0 Å². The highest BCUT2D eigenvalue weighted by molar-refractivity contribution is 5.84. The zero-order valence-electron chi connectivity index (χ0n) is 11.6. The van der Waals surface area contributed by atoms with Gasteiger partial charge in [-0.2, -0.15) is 0 Å². The first-order valence-electron chi connectivity index (χ1n) is 6.45. The van der Waals surface area contributed by atoms with E-state index in [0.29, 0.717) is 19.5 Å². The van der Waals surface area contributed by atoms with Crippen LogP contribution in [0.1, 0.15) is 40.0 Å². The van der Waals surface area contributed by atoms with Crippen molar-refractivity contribution in [3.63, 3.8) is 0 Å². The number of likely N-dealkylation sites (tertiary alicyclic amines) is 1. The molecule has 0 N–H and O–H groups in total. The highest BCUT2D eigenvalue weighted by atomic mass is 16.6. The van der Waals surface area contributed by atoms with E-state index in [-0.39, 0.29) is 17.8 Å². The maximum Gasteiger partial charge on any atom is 0.410 e. The lowest BCUT2D eigenvalue weighted by molar-refractivity contribution is -0.127. The Kier molecular flexibility index (Phi) is 4.93. The summed E-state index contributed by atoms with van der Waals surface area (Å²) in [5.41, 5.74) is -0.476. The van der Waals surface area contributed by atoms with Gasteiger partial charge in [-0.15, -0.1) is 6.58 Å². The second-order valence-corrected chi connectivity index (χ2v) is 5.73. The van der Waals surface area contributed by atoms with Crippen molar-refractivity contribution >= 4 is 11.9 Å². The van der Waals surface area contributed by atoms with E-state index in [9.17, 15) is 9.59 Å². The Morgan fingerprint density at radius 3 is 2.50 bits per heavy atom. The summed E-state index contributed by atoms with van der Waals surface area (Å²) in [5, 5.41) is 0. The van der Waals surface area contributed by atoms with Crippen LogP contribution >= 0.6 is 0 Å². The predicted octanol–water partition coefficient (Wildman–Crippen LogP) is 2.78. The van der Waals surface area contributed by atoms with Gasteiger partial charge in [0.15, 0.2) is 0 Å². The third-order valence-electron chi connectivity index (χ3n) is 2.82. The van der Waals surface area contributed by atoms with Crippen LogP contribution in [0.5, 0.6) is 0 Å². The van der Waals surface area contributed by atoms with Crippen LogP contribution in [0.2, 0.25) is 0 Å². The van der Waals surface area contributed by atoms with Crippen molar-refractivity contribution in [3.8, 4) is 0 Å². The van der Waals surface area contributed by atoms with Crippen LogP contribution in [0.4, 0.5) is 4.79 Å². The lowest BCUT2D eigenvalue weighted by Crippen LogP contribution is -2.54. The molecule has 1 fully saturated rings. The molecule has 102 valence electrons. The lowest BCUT2D eigenvalue weighted by atomic mass is 9.92. The summed E-state index contributed by atoms with van der Waals surface area (Å²) >= 11 is 0. The summed E-state index contributed by atoms with van der Waals surface area (Å²) < 4.78 is 5.23. The smallest absolute Gasteiger partial charge is 0.410 e. The van der Waals surface area contributed by atoms with Crippen LogP contribution in [0.25, 0.3) is 0 Å². The lowest BCUT2D eigenvalue weighted by Gasteiger charge is -2.38. The summed E-state index contributed by atoms with van der Waals surface area (Å²) in [6, 6.07) is 0. The molecule has 1 aliphatic heterocycles. The first kappa shape index (κ1) is 14.7. The Hall–Kier alpha value is -1.32. The molecule has 1 aliphatic rings. The second kappa shape index (κ2) is 6.03. The molecule has 18 heavy (non-hydrogen) atoms. The van der Waals surface area contributed by atoms with Crippen molar-refractivity contribution < 1.29 is 14.3 Å². The van der Waals surface area contributed by atoms with Crippen LogP contribution in [0.15, 0.2) is 12.7 Å². The number of ketones is 1. The summed E-state index contributed by atoms with van der Waals surface area (Å²) in [6.45, 7) is 10.1. The number of unbranched alkanes of at least 4 members (excludes halogenated alkanes) is 1. The fourth-order valence-corrected chi connectivity index (χ4v) is 1.78. The minimum atomic E-state index is -0.476. The maximum absolute atomic E-state index is 11.7. The van der Waals surface area contributed by atoms with Crippen LogP contribution < -0.4 is 0 Å². The molecule has 1 amide bonds. The molecule has 0 aromatic carbocycles. The number of hydrogen-bond donors (Lipinski definition) is 0. The second-order valence-electron chi connectivity index (χ2n) is 5.73. The number of Topliss-reactive ketones (excluding diaryl/α,β-unsaturated/α-hetero) is 1. The Morgan fingerprint density at radius 1 is 1.39 bits per heavy atom. The van der Waals surface area contributed by atoms with Crippen LogP contribution in [0, 0.1) is 5.92 Å². The summed E-state index contributed by atoms with van der Waals surface area (Å²) in [5.74, 6) is 0.249. The molecule has 0 aromatic rings. The highest BCUT2D eigenvalue weighted by Crippen LogP contribution is 2.21. The average Bonchev–Trinajstić information content (AvgIpc) is 2.12. The van der Waals surface area contributed by atoms with Crippen molar-refractivity contribution in [2.75, 3.05) is 13.1 Å². The maximum atomic E-state index is 11.7. The molecule has 4 heteroatoms. The molecule has 0 saturated carbocycles. The van der Waals surface area contributed by atoms with Gasteiger partial charge in [0.2, 0.25) is 0 Å². The molecule has 0 aliphatic carbocycles. The zero-order chi connectivity index (χ0) is 13.8. The number of nitrogens with zero attached hydrogens (tertiary/aromatic N) is 1. The van der Waals surface area contributed by atoms with E-state index in [1.165, 1.54) is 0 Å². The molecule has 1 heterocycles. The van der Waals surface area contributed by atoms with Crippen LogP contribution in [-0.4, -0.2) is 35.5 Å². The quantitative estimate of drug-likeness (QED) is 0.559. The van der Waals surface area contributed by atoms with Gasteiger partial charge in [0, 0.05) is 19.5 Å². The van der Waals surface area contributed by atoms with Gasteiger partial charge in [0.1, 0.15) is 11.4 Å². The number of rotatable bonds is 5. The van der Waals surface area contributed by atoms with Gasteiger partial charge in [0.05, 0.1) is 5.92 Å². The fourth-order valence-electron chi connectivity index (χ4n) is 1.78. The van der Waals surface area contributed by atoms with Gasteiger partial charge in [-0.25, -0.2) is 4.79 Å². The van der Waals surface area contributed by atoms with Crippen molar-refractivity contribution in [2.45, 2.75) is 45.6 Å². The van der Waals surface area contributed by atoms with Gasteiger partial charge in [-0.3, -0.25) is 4.79 Å². The molecule has 1 rings (SSSR count). The minimum absolute atomic E-state index is 0.00216. The number of carbonyl (C=O) groups excluding carboxylic acids is 2. The molecule has 0 aromatic heterocycles. The molecule has 0 unspecified atom stereocenters. The highest BCUT2D eigenvalue weighted by Gasteiger charge is 2.37.